The first kappa shape index (κ1) is 13.9. The van der Waals surface area contributed by atoms with Gasteiger partial charge in [-0.1, -0.05) is 0 Å². The Balaban J connectivity index is 2.05. The molecule has 0 aromatic carbocycles. The highest BCUT2D eigenvalue weighted by molar-refractivity contribution is 9.10. The fourth-order valence-corrected chi connectivity index (χ4v) is 2.44. The number of amides is 1. The zero-order valence-corrected chi connectivity index (χ0v) is 11.8. The number of carbonyl (C=O) groups is 2. The van der Waals surface area contributed by atoms with E-state index < -0.39 is 12.0 Å². The van der Waals surface area contributed by atoms with Crippen molar-refractivity contribution in [3.8, 4) is 0 Å². The molecule has 0 bridgehead atoms. The van der Waals surface area contributed by atoms with Crippen LogP contribution in [0.3, 0.4) is 0 Å². The Morgan fingerprint density at radius 2 is 2.21 bits per heavy atom. The number of hydrogen-bond acceptors (Lipinski definition) is 3. The Morgan fingerprint density at radius 1 is 1.42 bits per heavy atom. The first-order chi connectivity index (χ1) is 9.08. The maximum atomic E-state index is 12.0. The molecule has 0 saturated carbocycles. The number of halogens is 1. The van der Waals surface area contributed by atoms with Crippen molar-refractivity contribution in [2.24, 2.45) is 0 Å². The van der Waals surface area contributed by atoms with Crippen molar-refractivity contribution in [2.75, 3.05) is 6.54 Å². The van der Waals surface area contributed by atoms with Gasteiger partial charge in [0.1, 0.15) is 11.8 Å². The molecule has 1 aliphatic heterocycles. The van der Waals surface area contributed by atoms with Gasteiger partial charge in [0.15, 0.2) is 4.67 Å². The summed E-state index contributed by atoms with van der Waals surface area (Å²) < 4.78 is 5.82. The number of hydrogen-bond donors (Lipinski definition) is 1. The average Bonchev–Trinajstić information content (AvgIpc) is 2.81. The van der Waals surface area contributed by atoms with E-state index in [9.17, 15) is 9.59 Å². The van der Waals surface area contributed by atoms with Crippen LogP contribution in [0.25, 0.3) is 6.08 Å². The minimum absolute atomic E-state index is 0.292. The van der Waals surface area contributed by atoms with E-state index in [0.717, 1.165) is 12.8 Å². The van der Waals surface area contributed by atoms with Crippen LogP contribution in [0.2, 0.25) is 0 Å². The van der Waals surface area contributed by atoms with Gasteiger partial charge in [-0.15, -0.1) is 0 Å². The van der Waals surface area contributed by atoms with E-state index in [1.54, 1.807) is 18.2 Å². The zero-order chi connectivity index (χ0) is 13.8. The number of aliphatic carboxylic acids is 1. The third-order valence-corrected chi connectivity index (χ3v) is 3.48. The molecule has 1 saturated heterocycles. The van der Waals surface area contributed by atoms with Crippen LogP contribution in [0.15, 0.2) is 27.3 Å². The minimum atomic E-state index is -0.942. The maximum Gasteiger partial charge on any atom is 0.326 e. The Labute approximate surface area is 119 Å². The molecule has 2 rings (SSSR count). The molecule has 1 aromatic heterocycles. The monoisotopic (exact) mass is 327 g/mol. The van der Waals surface area contributed by atoms with Gasteiger partial charge in [-0.2, -0.15) is 0 Å². The first-order valence-corrected chi connectivity index (χ1v) is 6.84. The summed E-state index contributed by atoms with van der Waals surface area (Å²) in [5, 5.41) is 9.10. The Bertz CT molecular complexity index is 508. The number of rotatable bonds is 3. The third-order valence-electron chi connectivity index (χ3n) is 3.06. The molecule has 1 amide bonds. The number of piperidine rings is 1. The second-order valence-corrected chi connectivity index (χ2v) is 5.14. The van der Waals surface area contributed by atoms with Crippen LogP contribution in [0.4, 0.5) is 0 Å². The van der Waals surface area contributed by atoms with Gasteiger partial charge in [-0.25, -0.2) is 4.79 Å². The van der Waals surface area contributed by atoms with Crippen molar-refractivity contribution in [1.82, 2.24) is 4.90 Å². The van der Waals surface area contributed by atoms with E-state index in [1.165, 1.54) is 11.0 Å². The lowest BCUT2D eigenvalue weighted by Crippen LogP contribution is -2.47. The molecule has 0 radical (unpaired) electrons. The SMILES string of the molecule is O=C(O)C1CCCCN1C(=O)/C=C/c1ccc(Br)o1. The van der Waals surface area contributed by atoms with Crippen LogP contribution in [0.5, 0.6) is 0 Å². The summed E-state index contributed by atoms with van der Waals surface area (Å²) in [5.74, 6) is -0.689. The van der Waals surface area contributed by atoms with Crippen molar-refractivity contribution < 1.29 is 19.1 Å². The smallest absolute Gasteiger partial charge is 0.326 e. The van der Waals surface area contributed by atoms with E-state index >= 15 is 0 Å². The molecular weight excluding hydrogens is 314 g/mol. The molecule has 1 unspecified atom stereocenters. The first-order valence-electron chi connectivity index (χ1n) is 6.05. The largest absolute Gasteiger partial charge is 0.480 e. The molecule has 1 fully saturated rings. The molecular formula is C13H14BrNO4. The molecule has 102 valence electrons. The fraction of sp³-hybridized carbons (Fsp3) is 0.385. The van der Waals surface area contributed by atoms with Crippen LogP contribution in [0.1, 0.15) is 25.0 Å². The molecule has 5 nitrogen and oxygen atoms in total. The predicted octanol–water partition coefficient (Wildman–Crippen LogP) is 2.52. The second-order valence-electron chi connectivity index (χ2n) is 4.36. The van der Waals surface area contributed by atoms with E-state index in [4.69, 9.17) is 9.52 Å². The zero-order valence-electron chi connectivity index (χ0n) is 10.2. The van der Waals surface area contributed by atoms with Crippen molar-refractivity contribution in [2.45, 2.75) is 25.3 Å². The van der Waals surface area contributed by atoms with Crippen molar-refractivity contribution in [3.05, 3.63) is 28.6 Å². The number of carboxylic acids is 1. The number of carboxylic acid groups (broad SMARTS) is 1. The van der Waals surface area contributed by atoms with Gasteiger partial charge in [-0.05, 0) is 53.4 Å². The summed E-state index contributed by atoms with van der Waals surface area (Å²) in [5.41, 5.74) is 0. The van der Waals surface area contributed by atoms with Gasteiger partial charge in [-0.3, -0.25) is 4.79 Å². The number of likely N-dealkylation sites (tertiary alicyclic amines) is 1. The van der Waals surface area contributed by atoms with Crippen LogP contribution >= 0.6 is 15.9 Å². The quantitative estimate of drug-likeness (QED) is 0.866. The summed E-state index contributed by atoms with van der Waals surface area (Å²) in [6, 6.07) is 2.73. The normalized spacial score (nSPS) is 19.8. The van der Waals surface area contributed by atoms with Crippen molar-refractivity contribution >= 4 is 33.9 Å². The lowest BCUT2D eigenvalue weighted by Gasteiger charge is -2.32. The molecule has 1 aliphatic rings. The van der Waals surface area contributed by atoms with E-state index in [0.29, 0.717) is 23.4 Å². The molecule has 1 atom stereocenters. The van der Waals surface area contributed by atoms with Gasteiger partial charge in [0.2, 0.25) is 5.91 Å². The van der Waals surface area contributed by atoms with Crippen LogP contribution in [-0.2, 0) is 9.59 Å². The van der Waals surface area contributed by atoms with E-state index in [2.05, 4.69) is 15.9 Å². The minimum Gasteiger partial charge on any atom is -0.480 e. The summed E-state index contributed by atoms with van der Waals surface area (Å²) in [4.78, 5) is 24.5. The molecule has 1 aromatic rings. The number of furan rings is 1. The molecule has 0 aliphatic carbocycles. The molecule has 19 heavy (non-hydrogen) atoms. The third kappa shape index (κ3) is 3.47. The van der Waals surface area contributed by atoms with Gasteiger partial charge in [0.25, 0.3) is 0 Å². The van der Waals surface area contributed by atoms with Gasteiger partial charge in [0, 0.05) is 12.6 Å². The maximum absolute atomic E-state index is 12.0. The topological polar surface area (TPSA) is 70.8 Å². The van der Waals surface area contributed by atoms with E-state index in [1.807, 2.05) is 0 Å². The highest BCUT2D eigenvalue weighted by Crippen LogP contribution is 2.19. The van der Waals surface area contributed by atoms with Gasteiger partial charge >= 0.3 is 5.97 Å². The molecule has 0 spiro atoms. The number of carbonyl (C=O) groups excluding carboxylic acids is 1. The predicted molar refractivity (Wildman–Crippen MR) is 72.4 cm³/mol. The van der Waals surface area contributed by atoms with Crippen molar-refractivity contribution in [1.29, 1.82) is 0 Å². The lowest BCUT2D eigenvalue weighted by atomic mass is 10.0. The van der Waals surface area contributed by atoms with Gasteiger partial charge < -0.3 is 14.4 Å². The Kier molecular flexibility index (Phi) is 4.42. The van der Waals surface area contributed by atoms with E-state index in [-0.39, 0.29) is 5.91 Å². The molecule has 2 heterocycles. The Hall–Kier alpha value is -1.56. The van der Waals surface area contributed by atoms with Crippen LogP contribution in [0, 0.1) is 0 Å². The summed E-state index contributed by atoms with van der Waals surface area (Å²) in [6.45, 7) is 0.488. The number of nitrogens with zero attached hydrogens (tertiary/aromatic N) is 1. The second kappa shape index (κ2) is 6.06. The lowest BCUT2D eigenvalue weighted by molar-refractivity contribution is -0.150. The standard InChI is InChI=1S/C13H14BrNO4/c14-11-6-4-9(19-11)5-7-12(16)15-8-2-1-3-10(15)13(17)18/h4-7,10H,1-3,8H2,(H,17,18)/b7-5+. The van der Waals surface area contributed by atoms with Crippen LogP contribution < -0.4 is 0 Å². The fourth-order valence-electron chi connectivity index (χ4n) is 2.12. The van der Waals surface area contributed by atoms with Crippen molar-refractivity contribution in [3.63, 3.8) is 0 Å². The summed E-state index contributed by atoms with van der Waals surface area (Å²) in [7, 11) is 0. The highest BCUT2D eigenvalue weighted by atomic mass is 79.9. The Morgan fingerprint density at radius 3 is 2.84 bits per heavy atom. The summed E-state index contributed by atoms with van der Waals surface area (Å²) >= 11 is 3.17. The highest BCUT2D eigenvalue weighted by Gasteiger charge is 2.30. The molecule has 1 N–H and O–H groups in total. The molecule has 6 heteroatoms. The average molecular weight is 328 g/mol. The van der Waals surface area contributed by atoms with Gasteiger partial charge in [0.05, 0.1) is 0 Å². The van der Waals surface area contributed by atoms with Crippen LogP contribution in [-0.4, -0.2) is 34.5 Å². The summed E-state index contributed by atoms with van der Waals surface area (Å²) in [6.07, 6.45) is 5.10.